The molecule has 6 heteroatoms. The summed E-state index contributed by atoms with van der Waals surface area (Å²) in [6.45, 7) is 8.10. The molecule has 0 aromatic rings. The van der Waals surface area contributed by atoms with Crippen molar-refractivity contribution in [2.75, 3.05) is 6.61 Å². The highest BCUT2D eigenvalue weighted by atomic mass is 16.5. The van der Waals surface area contributed by atoms with E-state index >= 15 is 0 Å². The first kappa shape index (κ1) is 25.4. The summed E-state index contributed by atoms with van der Waals surface area (Å²) >= 11 is 0. The van der Waals surface area contributed by atoms with Gasteiger partial charge in [0.2, 0.25) is 0 Å². The average Bonchev–Trinajstić information content (AvgIpc) is 3.09. The van der Waals surface area contributed by atoms with E-state index in [2.05, 4.69) is 13.8 Å². The van der Waals surface area contributed by atoms with Crippen molar-refractivity contribution in [3.63, 3.8) is 0 Å². The van der Waals surface area contributed by atoms with E-state index in [-0.39, 0.29) is 47.2 Å². The van der Waals surface area contributed by atoms with Crippen LogP contribution < -0.4 is 5.11 Å². The molecule has 6 nitrogen and oxygen atoms in total. The molecule has 0 aromatic heterocycles. The molecule has 4 rings (SSSR count). The first-order chi connectivity index (χ1) is 16.1. The predicted octanol–water partition coefficient (Wildman–Crippen LogP) is 3.16. The van der Waals surface area contributed by atoms with Crippen LogP contribution in [0.1, 0.15) is 79.1 Å². The van der Waals surface area contributed by atoms with Crippen LogP contribution >= 0.6 is 0 Å². The lowest BCUT2D eigenvalue weighted by atomic mass is 9.42. The second kappa shape index (κ2) is 9.42. The van der Waals surface area contributed by atoms with Gasteiger partial charge >= 0.3 is 0 Å². The van der Waals surface area contributed by atoms with Crippen LogP contribution in [0.2, 0.25) is 0 Å². The Balaban J connectivity index is 1.57. The van der Waals surface area contributed by atoms with Crippen molar-refractivity contribution in [3.05, 3.63) is 23.5 Å². The predicted molar refractivity (Wildman–Crippen MR) is 126 cm³/mol. The summed E-state index contributed by atoms with van der Waals surface area (Å²) in [7, 11) is 0. The summed E-state index contributed by atoms with van der Waals surface area (Å²) in [6, 6.07) is 0. The Morgan fingerprint density at radius 3 is 2.59 bits per heavy atom. The number of fused-ring (bicyclic) bond motifs is 5. The number of aliphatic hydroxyl groups excluding tert-OH is 2. The van der Waals surface area contributed by atoms with Crippen molar-refractivity contribution in [1.82, 2.24) is 0 Å². The third kappa shape index (κ3) is 4.05. The molecule has 4 saturated carbocycles. The SMILES string of the molecule is CCC(O/C=C1\CCC2(C)C(C1)C(CO)C(O)C1C3CCC(=O)C3(C)CCC12)/C(C)=C\C(=O)[O-]. The topological polar surface area (TPSA) is 107 Å². The summed E-state index contributed by atoms with van der Waals surface area (Å²) < 4.78 is 6.01. The van der Waals surface area contributed by atoms with Gasteiger partial charge in [0.25, 0.3) is 0 Å². The molecule has 4 fully saturated rings. The normalized spacial score (nSPS) is 44.2. The highest BCUT2D eigenvalue weighted by Crippen LogP contribution is 2.67. The Morgan fingerprint density at radius 1 is 1.21 bits per heavy atom. The molecule has 9 unspecified atom stereocenters. The number of ketones is 1. The van der Waals surface area contributed by atoms with E-state index in [4.69, 9.17) is 4.74 Å². The van der Waals surface area contributed by atoms with Gasteiger partial charge in [0, 0.05) is 24.4 Å². The van der Waals surface area contributed by atoms with E-state index < -0.39 is 12.1 Å². The highest BCUT2D eigenvalue weighted by Gasteiger charge is 2.64. The Morgan fingerprint density at radius 2 is 1.94 bits per heavy atom. The van der Waals surface area contributed by atoms with Crippen LogP contribution in [0.3, 0.4) is 0 Å². The smallest absolute Gasteiger partial charge is 0.139 e. The molecule has 34 heavy (non-hydrogen) atoms. The lowest BCUT2D eigenvalue weighted by molar-refractivity contribution is -0.297. The van der Waals surface area contributed by atoms with E-state index in [0.29, 0.717) is 30.1 Å². The number of hydrogen-bond donors (Lipinski definition) is 2. The minimum Gasteiger partial charge on any atom is -0.545 e. The van der Waals surface area contributed by atoms with Gasteiger partial charge in [-0.1, -0.05) is 20.8 Å². The van der Waals surface area contributed by atoms with Crippen molar-refractivity contribution >= 4 is 11.8 Å². The maximum atomic E-state index is 12.7. The minimum absolute atomic E-state index is 0.0105. The summed E-state index contributed by atoms with van der Waals surface area (Å²) in [5, 5.41) is 32.9. The van der Waals surface area contributed by atoms with Gasteiger partial charge < -0.3 is 24.9 Å². The van der Waals surface area contributed by atoms with Crippen molar-refractivity contribution in [1.29, 1.82) is 0 Å². The Hall–Kier alpha value is -1.66. The molecule has 0 spiro atoms. The summed E-state index contributed by atoms with van der Waals surface area (Å²) in [5.41, 5.74) is 1.48. The van der Waals surface area contributed by atoms with Crippen LogP contribution in [0.15, 0.2) is 23.5 Å². The molecule has 4 aliphatic carbocycles. The second-order valence-corrected chi connectivity index (χ2v) is 11.9. The lowest BCUT2D eigenvalue weighted by Gasteiger charge is -2.63. The van der Waals surface area contributed by atoms with Crippen LogP contribution in [0.5, 0.6) is 0 Å². The standard InChI is InChI=1S/C28H42O6/c1-5-22(16(2)12-24(31)32)34-15-17-8-10-27(3)20-9-11-28(4)19(6-7-23(28)30)25(20)26(33)18(14-29)21(27)13-17/h12,15,18-22,25-26,29,33H,5-11,13-14H2,1-4H3,(H,31,32)/p-1/b16-12-,17-15+. The molecule has 0 heterocycles. The number of Topliss-reactive ketones (excluding diaryl/α,β-unsaturated/α-hetero) is 1. The van der Waals surface area contributed by atoms with Crippen LogP contribution in [-0.2, 0) is 14.3 Å². The summed E-state index contributed by atoms with van der Waals surface area (Å²) in [5.74, 6) is -0.274. The molecule has 0 amide bonds. The van der Waals surface area contributed by atoms with Gasteiger partial charge in [-0.05, 0) is 98.2 Å². The molecule has 0 aliphatic heterocycles. The number of allylic oxidation sites excluding steroid dienone is 1. The van der Waals surface area contributed by atoms with E-state index in [1.807, 2.05) is 6.92 Å². The van der Waals surface area contributed by atoms with Gasteiger partial charge in [-0.25, -0.2) is 0 Å². The van der Waals surface area contributed by atoms with Crippen molar-refractivity contribution in [2.24, 2.45) is 40.4 Å². The maximum Gasteiger partial charge on any atom is 0.139 e. The fourth-order valence-electron chi connectivity index (χ4n) is 8.40. The Kier molecular flexibility index (Phi) is 7.05. The number of carbonyl (C=O) groups is 2. The number of aliphatic hydroxyl groups is 2. The summed E-state index contributed by atoms with van der Waals surface area (Å²) in [6.07, 6.45) is 8.61. The highest BCUT2D eigenvalue weighted by molar-refractivity contribution is 5.87. The van der Waals surface area contributed by atoms with Crippen molar-refractivity contribution in [3.8, 4) is 0 Å². The van der Waals surface area contributed by atoms with Crippen LogP contribution in [0.4, 0.5) is 0 Å². The Bertz CT molecular complexity index is 876. The average molecular weight is 474 g/mol. The summed E-state index contributed by atoms with van der Waals surface area (Å²) in [4.78, 5) is 23.7. The maximum absolute atomic E-state index is 12.7. The molecule has 0 bridgehead atoms. The van der Waals surface area contributed by atoms with Crippen molar-refractivity contribution < 1.29 is 29.6 Å². The zero-order chi connectivity index (χ0) is 24.8. The van der Waals surface area contributed by atoms with Crippen LogP contribution in [0, 0.1) is 40.4 Å². The molecule has 9 atom stereocenters. The van der Waals surface area contributed by atoms with E-state index in [9.17, 15) is 24.9 Å². The third-order valence-electron chi connectivity index (χ3n) is 10.4. The van der Waals surface area contributed by atoms with Gasteiger partial charge in [-0.2, -0.15) is 0 Å². The van der Waals surface area contributed by atoms with Gasteiger partial charge in [-0.15, -0.1) is 0 Å². The van der Waals surface area contributed by atoms with Crippen molar-refractivity contribution in [2.45, 2.75) is 91.3 Å². The number of carboxylic acids is 1. The molecule has 0 saturated heterocycles. The largest absolute Gasteiger partial charge is 0.545 e. The monoisotopic (exact) mass is 473 g/mol. The number of carbonyl (C=O) groups excluding carboxylic acids is 2. The van der Waals surface area contributed by atoms with E-state index in [1.54, 1.807) is 13.2 Å². The quantitative estimate of drug-likeness (QED) is 0.453. The first-order valence-corrected chi connectivity index (χ1v) is 13.1. The number of carboxylic acid groups (broad SMARTS) is 1. The van der Waals surface area contributed by atoms with Crippen LogP contribution in [-0.4, -0.2) is 40.8 Å². The lowest BCUT2D eigenvalue weighted by Crippen LogP contribution is -2.62. The zero-order valence-corrected chi connectivity index (χ0v) is 21.1. The van der Waals surface area contributed by atoms with Gasteiger partial charge in [0.15, 0.2) is 0 Å². The Labute approximate surface area is 203 Å². The molecule has 0 radical (unpaired) electrons. The zero-order valence-electron chi connectivity index (χ0n) is 21.1. The van der Waals surface area contributed by atoms with E-state index in [1.165, 1.54) is 0 Å². The van der Waals surface area contributed by atoms with Crippen LogP contribution in [0.25, 0.3) is 0 Å². The van der Waals surface area contributed by atoms with Gasteiger partial charge in [-0.3, -0.25) is 4.79 Å². The number of rotatable bonds is 6. The third-order valence-corrected chi connectivity index (χ3v) is 10.4. The molecule has 4 aliphatic rings. The molecular weight excluding hydrogens is 432 g/mol. The minimum atomic E-state index is -1.22. The second-order valence-electron chi connectivity index (χ2n) is 11.9. The van der Waals surface area contributed by atoms with E-state index in [0.717, 1.165) is 50.2 Å². The molecule has 190 valence electrons. The van der Waals surface area contributed by atoms with Gasteiger partial charge in [0.1, 0.15) is 11.9 Å². The fraction of sp³-hybridized carbons (Fsp3) is 0.786. The number of ether oxygens (including phenoxy) is 1. The van der Waals surface area contributed by atoms with Gasteiger partial charge in [0.05, 0.1) is 18.3 Å². The fourth-order valence-corrected chi connectivity index (χ4v) is 8.40. The molecular formula is C28H41O6-. The number of aliphatic carboxylic acids is 1. The first-order valence-electron chi connectivity index (χ1n) is 13.1. The molecule has 2 N–H and O–H groups in total. The number of hydrogen-bond acceptors (Lipinski definition) is 6. The molecule has 0 aromatic carbocycles.